The number of rotatable bonds is 3. The molecule has 2 aromatic rings. The summed E-state index contributed by atoms with van der Waals surface area (Å²) in [6.07, 6.45) is 6.16. The fourth-order valence-electron chi connectivity index (χ4n) is 4.78. The molecule has 1 saturated heterocycles. The summed E-state index contributed by atoms with van der Waals surface area (Å²) in [6.45, 7) is 2.88. The topological polar surface area (TPSA) is 58.4 Å². The summed E-state index contributed by atoms with van der Waals surface area (Å²) in [5.41, 5.74) is 4.43. The molecule has 4 rings (SSSR count). The predicted molar refractivity (Wildman–Crippen MR) is 95.7 cm³/mol. The molecule has 1 aromatic carbocycles. The highest BCUT2D eigenvalue weighted by molar-refractivity contribution is 5.85. The summed E-state index contributed by atoms with van der Waals surface area (Å²) in [4.78, 5) is 13.6. The van der Waals surface area contributed by atoms with Crippen molar-refractivity contribution in [3.63, 3.8) is 0 Å². The zero-order valence-corrected chi connectivity index (χ0v) is 14.7. The maximum Gasteiger partial charge on any atom is 0.356 e. The number of piperidine rings is 1. The highest BCUT2D eigenvalue weighted by atomic mass is 16.4. The first-order valence-electron chi connectivity index (χ1n) is 9.14. The van der Waals surface area contributed by atoms with E-state index >= 15 is 0 Å². The van der Waals surface area contributed by atoms with Crippen LogP contribution in [-0.2, 0) is 25.4 Å². The predicted octanol–water partition coefficient (Wildman–Crippen LogP) is 2.99. The van der Waals surface area contributed by atoms with E-state index in [0.717, 1.165) is 25.3 Å². The SMILES string of the molecule is Cn1nc(C(=O)O)cc1CN1CCCC2(CCCc3ccccc32)C1. The number of carboxylic acid groups (broad SMARTS) is 1. The standard InChI is InChI=1S/C20H25N3O2/c1-22-16(12-18(21-22)19(24)25)13-23-11-5-10-20(14-23)9-4-7-15-6-2-3-8-17(15)20/h2-3,6,8,12H,4-5,7,9-11,13-14H2,1H3,(H,24,25). The van der Waals surface area contributed by atoms with Crippen molar-refractivity contribution in [2.45, 2.75) is 44.1 Å². The van der Waals surface area contributed by atoms with Gasteiger partial charge in [-0.25, -0.2) is 4.79 Å². The molecule has 1 aromatic heterocycles. The van der Waals surface area contributed by atoms with Crippen LogP contribution in [0.15, 0.2) is 30.3 Å². The van der Waals surface area contributed by atoms with Gasteiger partial charge in [0.15, 0.2) is 5.69 Å². The third-order valence-corrected chi connectivity index (χ3v) is 5.93. The number of benzene rings is 1. The number of nitrogens with zero attached hydrogens (tertiary/aromatic N) is 3. The van der Waals surface area contributed by atoms with Crippen molar-refractivity contribution in [3.05, 3.63) is 52.8 Å². The van der Waals surface area contributed by atoms with Gasteiger partial charge in [0.25, 0.3) is 0 Å². The van der Waals surface area contributed by atoms with Gasteiger partial charge in [-0.15, -0.1) is 0 Å². The number of hydrogen-bond acceptors (Lipinski definition) is 3. The van der Waals surface area contributed by atoms with E-state index in [1.165, 1.54) is 37.7 Å². The third kappa shape index (κ3) is 2.97. The monoisotopic (exact) mass is 339 g/mol. The van der Waals surface area contributed by atoms with Crippen molar-refractivity contribution in [3.8, 4) is 0 Å². The molecule has 1 N–H and O–H groups in total. The van der Waals surface area contributed by atoms with Crippen molar-refractivity contribution in [1.82, 2.24) is 14.7 Å². The number of fused-ring (bicyclic) bond motifs is 2. The van der Waals surface area contributed by atoms with E-state index in [1.54, 1.807) is 16.3 Å². The number of aromatic carboxylic acids is 1. The summed E-state index contributed by atoms with van der Waals surface area (Å²) in [5, 5.41) is 13.3. The molecule has 25 heavy (non-hydrogen) atoms. The van der Waals surface area contributed by atoms with Gasteiger partial charge >= 0.3 is 5.97 Å². The Bertz CT molecular complexity index is 798. The van der Waals surface area contributed by atoms with Gasteiger partial charge in [-0.1, -0.05) is 24.3 Å². The van der Waals surface area contributed by atoms with Crippen molar-refractivity contribution < 1.29 is 9.90 Å². The fraction of sp³-hybridized carbons (Fsp3) is 0.500. The lowest BCUT2D eigenvalue weighted by atomic mass is 9.66. The Morgan fingerprint density at radius 1 is 1.28 bits per heavy atom. The first-order chi connectivity index (χ1) is 12.1. The van der Waals surface area contributed by atoms with E-state index in [0.29, 0.717) is 0 Å². The van der Waals surface area contributed by atoms with Crippen molar-refractivity contribution in [1.29, 1.82) is 0 Å². The quantitative estimate of drug-likeness (QED) is 0.934. The number of aromatic nitrogens is 2. The smallest absolute Gasteiger partial charge is 0.356 e. The summed E-state index contributed by atoms with van der Waals surface area (Å²) < 4.78 is 1.71. The van der Waals surface area contributed by atoms with Gasteiger partial charge in [0, 0.05) is 25.6 Å². The lowest BCUT2D eigenvalue weighted by molar-refractivity contribution is 0.0689. The summed E-state index contributed by atoms with van der Waals surface area (Å²) >= 11 is 0. The number of carboxylic acids is 1. The minimum Gasteiger partial charge on any atom is -0.476 e. The molecule has 2 heterocycles. The molecule has 1 aliphatic heterocycles. The Hall–Kier alpha value is -2.14. The second kappa shape index (κ2) is 6.30. The fourth-order valence-corrected chi connectivity index (χ4v) is 4.78. The Kier molecular flexibility index (Phi) is 4.12. The van der Waals surface area contributed by atoms with Crippen LogP contribution in [0.3, 0.4) is 0 Å². The van der Waals surface area contributed by atoms with Crippen LogP contribution in [0.5, 0.6) is 0 Å². The number of aryl methyl sites for hydroxylation is 2. The minimum atomic E-state index is -0.960. The summed E-state index contributed by atoms with van der Waals surface area (Å²) in [6, 6.07) is 10.6. The molecule has 1 fully saturated rings. The lowest BCUT2D eigenvalue weighted by Crippen LogP contribution is -2.47. The van der Waals surface area contributed by atoms with E-state index in [4.69, 9.17) is 5.11 Å². The summed E-state index contributed by atoms with van der Waals surface area (Å²) in [5.74, 6) is -0.960. The molecule has 1 aliphatic carbocycles. The Morgan fingerprint density at radius 3 is 2.88 bits per heavy atom. The molecular weight excluding hydrogens is 314 g/mol. The van der Waals surface area contributed by atoms with Gasteiger partial charge < -0.3 is 5.11 Å². The second-order valence-corrected chi connectivity index (χ2v) is 7.55. The molecule has 0 amide bonds. The van der Waals surface area contributed by atoms with E-state index in [1.807, 2.05) is 7.05 Å². The zero-order chi connectivity index (χ0) is 17.4. The minimum absolute atomic E-state index is 0.132. The maximum atomic E-state index is 11.1. The normalized spacial score (nSPS) is 23.6. The molecule has 1 spiro atoms. The summed E-state index contributed by atoms with van der Waals surface area (Å²) in [7, 11) is 1.83. The molecule has 2 aliphatic rings. The van der Waals surface area contributed by atoms with Gasteiger partial charge in [0.05, 0.1) is 5.69 Å². The number of hydrogen-bond donors (Lipinski definition) is 1. The zero-order valence-electron chi connectivity index (χ0n) is 14.7. The second-order valence-electron chi connectivity index (χ2n) is 7.55. The molecular formula is C20H25N3O2. The Balaban J connectivity index is 1.57. The first kappa shape index (κ1) is 16.3. The van der Waals surface area contributed by atoms with E-state index in [-0.39, 0.29) is 11.1 Å². The highest BCUT2D eigenvalue weighted by Crippen LogP contribution is 2.43. The maximum absolute atomic E-state index is 11.1. The lowest BCUT2D eigenvalue weighted by Gasteiger charge is -2.46. The Labute approximate surface area is 148 Å². The van der Waals surface area contributed by atoms with Crippen LogP contribution in [0.2, 0.25) is 0 Å². The van der Waals surface area contributed by atoms with E-state index in [2.05, 4.69) is 34.3 Å². The molecule has 1 unspecified atom stereocenters. The van der Waals surface area contributed by atoms with Gasteiger partial charge in [-0.05, 0) is 55.8 Å². The van der Waals surface area contributed by atoms with E-state index < -0.39 is 5.97 Å². The van der Waals surface area contributed by atoms with Crippen LogP contribution in [0.25, 0.3) is 0 Å². The van der Waals surface area contributed by atoms with Gasteiger partial charge in [-0.2, -0.15) is 5.10 Å². The third-order valence-electron chi connectivity index (χ3n) is 5.93. The van der Waals surface area contributed by atoms with Crippen molar-refractivity contribution in [2.75, 3.05) is 13.1 Å². The average Bonchev–Trinajstić information content (AvgIpc) is 2.97. The van der Waals surface area contributed by atoms with Gasteiger partial charge in [0.2, 0.25) is 0 Å². The largest absolute Gasteiger partial charge is 0.476 e. The molecule has 0 bridgehead atoms. The van der Waals surface area contributed by atoms with Crippen LogP contribution in [0, 0.1) is 0 Å². The molecule has 5 nitrogen and oxygen atoms in total. The molecule has 5 heteroatoms. The molecule has 132 valence electrons. The highest BCUT2D eigenvalue weighted by Gasteiger charge is 2.40. The molecule has 0 saturated carbocycles. The number of carbonyl (C=O) groups is 1. The van der Waals surface area contributed by atoms with E-state index in [9.17, 15) is 4.79 Å². The van der Waals surface area contributed by atoms with Gasteiger partial charge in [0.1, 0.15) is 0 Å². The van der Waals surface area contributed by atoms with Crippen LogP contribution in [0.4, 0.5) is 0 Å². The van der Waals surface area contributed by atoms with Crippen LogP contribution >= 0.6 is 0 Å². The van der Waals surface area contributed by atoms with Crippen LogP contribution in [-0.4, -0.2) is 38.8 Å². The Morgan fingerprint density at radius 2 is 2.08 bits per heavy atom. The average molecular weight is 339 g/mol. The van der Waals surface area contributed by atoms with Crippen molar-refractivity contribution in [2.24, 2.45) is 7.05 Å². The molecule has 1 atom stereocenters. The first-order valence-corrected chi connectivity index (χ1v) is 9.14. The van der Waals surface area contributed by atoms with Gasteiger partial charge in [-0.3, -0.25) is 9.58 Å². The molecule has 0 radical (unpaired) electrons. The number of likely N-dealkylation sites (tertiary alicyclic amines) is 1. The van der Waals surface area contributed by atoms with Crippen molar-refractivity contribution >= 4 is 5.97 Å². The van der Waals surface area contributed by atoms with Crippen LogP contribution < -0.4 is 0 Å². The van der Waals surface area contributed by atoms with Crippen LogP contribution in [0.1, 0.15) is 53.0 Å².